The Morgan fingerprint density at radius 3 is 2.44 bits per heavy atom. The van der Waals surface area contributed by atoms with Gasteiger partial charge >= 0.3 is 6.09 Å². The van der Waals surface area contributed by atoms with E-state index in [1.54, 1.807) is 46.0 Å². The Morgan fingerprint density at radius 1 is 1.16 bits per heavy atom. The molecule has 25 heavy (non-hydrogen) atoms. The van der Waals surface area contributed by atoms with Crippen LogP contribution in [0.25, 0.3) is 0 Å². The van der Waals surface area contributed by atoms with Crippen LogP contribution in [0.15, 0.2) is 30.5 Å². The molecular weight excluding hydrogens is 324 g/mol. The minimum absolute atomic E-state index is 0.293. The predicted octanol–water partition coefficient (Wildman–Crippen LogP) is 3.41. The predicted molar refractivity (Wildman–Crippen MR) is 96.6 cm³/mol. The van der Waals surface area contributed by atoms with Crippen LogP contribution in [0.3, 0.4) is 0 Å². The Balaban J connectivity index is 2.19. The summed E-state index contributed by atoms with van der Waals surface area (Å²) >= 11 is 0. The highest BCUT2D eigenvalue weighted by molar-refractivity contribution is 5.90. The van der Waals surface area contributed by atoms with Gasteiger partial charge in [-0.15, -0.1) is 0 Å². The fourth-order valence-electron chi connectivity index (χ4n) is 1.95. The molecule has 0 aliphatic rings. The van der Waals surface area contributed by atoms with Crippen LogP contribution in [0.4, 0.5) is 33.6 Å². The Kier molecular flexibility index (Phi) is 5.60. The molecule has 0 aliphatic carbocycles. The molecule has 5 N–H and O–H groups in total. The molecule has 0 spiro atoms. The maximum atomic E-state index is 12.0. The summed E-state index contributed by atoms with van der Waals surface area (Å²) in [5.74, 6) is 0.708. The van der Waals surface area contributed by atoms with Crippen molar-refractivity contribution >= 4 is 34.9 Å². The number of ether oxygens (including phenoxy) is 1. The van der Waals surface area contributed by atoms with Crippen molar-refractivity contribution in [2.75, 3.05) is 28.5 Å². The molecule has 0 atom stereocenters. The van der Waals surface area contributed by atoms with Gasteiger partial charge in [0.25, 0.3) is 0 Å². The van der Waals surface area contributed by atoms with Crippen LogP contribution in [0.1, 0.15) is 20.8 Å². The molecule has 9 heteroatoms. The number of hydrogen-bond acceptors (Lipinski definition) is 8. The van der Waals surface area contributed by atoms with E-state index < -0.39 is 11.7 Å². The summed E-state index contributed by atoms with van der Waals surface area (Å²) in [6.07, 6.45) is 0.865. The maximum Gasteiger partial charge on any atom is 0.412 e. The molecular formula is C16H22N6O3. The second kappa shape index (κ2) is 7.67. The number of amides is 1. The number of nitrogens with zero attached hydrogens (tertiary/aromatic N) is 2. The summed E-state index contributed by atoms with van der Waals surface area (Å²) < 4.78 is 5.26. The first-order valence-corrected chi connectivity index (χ1v) is 7.63. The first-order valence-electron chi connectivity index (χ1n) is 7.63. The number of hydrogen-bond donors (Lipinski definition) is 5. The summed E-state index contributed by atoms with van der Waals surface area (Å²) in [5.41, 5.74) is 2.88. The van der Waals surface area contributed by atoms with Crippen LogP contribution in [0, 0.1) is 0 Å². The van der Waals surface area contributed by atoms with Crippen molar-refractivity contribution in [3.8, 4) is 0 Å². The molecule has 0 aliphatic heterocycles. The fraction of sp³-hybridized carbons (Fsp3) is 0.312. The number of para-hydroxylation sites is 2. The van der Waals surface area contributed by atoms with Crippen molar-refractivity contribution in [2.45, 2.75) is 26.4 Å². The number of nitrogens with one attached hydrogen (secondary N) is 4. The van der Waals surface area contributed by atoms with Crippen LogP contribution in [0.5, 0.6) is 0 Å². The van der Waals surface area contributed by atoms with Gasteiger partial charge in [0.15, 0.2) is 5.82 Å². The molecule has 1 heterocycles. The molecule has 0 bridgehead atoms. The molecule has 1 amide bonds. The normalized spacial score (nSPS) is 10.8. The van der Waals surface area contributed by atoms with E-state index in [-0.39, 0.29) is 0 Å². The van der Waals surface area contributed by atoms with Crippen molar-refractivity contribution in [2.24, 2.45) is 0 Å². The second-order valence-corrected chi connectivity index (χ2v) is 6.12. The Bertz CT molecular complexity index is 745. The van der Waals surface area contributed by atoms with E-state index in [0.29, 0.717) is 28.8 Å². The van der Waals surface area contributed by atoms with Gasteiger partial charge in [0, 0.05) is 7.05 Å². The van der Waals surface area contributed by atoms with Crippen LogP contribution >= 0.6 is 0 Å². The SMILES string of the molecule is CNc1nc(Nc2ccccc2NC(=O)OC(C)(C)C)ncc1NO. The highest BCUT2D eigenvalue weighted by atomic mass is 16.6. The topological polar surface area (TPSA) is 120 Å². The van der Waals surface area contributed by atoms with Gasteiger partial charge < -0.3 is 15.4 Å². The number of anilines is 5. The molecule has 0 saturated heterocycles. The molecule has 1 aromatic heterocycles. The summed E-state index contributed by atoms with van der Waals surface area (Å²) in [4.78, 5) is 20.3. The first-order chi connectivity index (χ1) is 11.8. The van der Waals surface area contributed by atoms with Crippen molar-refractivity contribution in [1.82, 2.24) is 9.97 Å². The van der Waals surface area contributed by atoms with Gasteiger partial charge in [0.2, 0.25) is 5.95 Å². The lowest BCUT2D eigenvalue weighted by atomic mass is 10.2. The Labute approximate surface area is 145 Å². The van der Waals surface area contributed by atoms with E-state index in [0.717, 1.165) is 0 Å². The number of benzene rings is 1. The monoisotopic (exact) mass is 346 g/mol. The number of aromatic nitrogens is 2. The van der Waals surface area contributed by atoms with Gasteiger partial charge in [-0.05, 0) is 32.9 Å². The van der Waals surface area contributed by atoms with Crippen LogP contribution < -0.4 is 21.4 Å². The molecule has 0 saturated carbocycles. The Morgan fingerprint density at radius 2 is 1.84 bits per heavy atom. The second-order valence-electron chi connectivity index (χ2n) is 6.12. The van der Waals surface area contributed by atoms with Gasteiger partial charge in [-0.2, -0.15) is 4.98 Å². The zero-order valence-electron chi connectivity index (χ0n) is 14.5. The molecule has 2 rings (SSSR count). The highest BCUT2D eigenvalue weighted by Crippen LogP contribution is 2.26. The van der Waals surface area contributed by atoms with Gasteiger partial charge in [-0.25, -0.2) is 9.78 Å². The first kappa shape index (κ1) is 18.3. The molecule has 134 valence electrons. The summed E-state index contributed by atoms with van der Waals surface area (Å²) in [6, 6.07) is 7.10. The van der Waals surface area contributed by atoms with E-state index in [9.17, 15) is 4.79 Å². The zero-order valence-corrected chi connectivity index (χ0v) is 14.5. The largest absolute Gasteiger partial charge is 0.444 e. The maximum absolute atomic E-state index is 12.0. The summed E-state index contributed by atoms with van der Waals surface area (Å²) in [5, 5.41) is 17.6. The average Bonchev–Trinajstić information content (AvgIpc) is 2.54. The number of carbonyl (C=O) groups is 1. The van der Waals surface area contributed by atoms with Crippen LogP contribution in [-0.2, 0) is 4.74 Å². The van der Waals surface area contributed by atoms with Gasteiger partial charge in [-0.1, -0.05) is 12.1 Å². The van der Waals surface area contributed by atoms with Crippen molar-refractivity contribution in [1.29, 1.82) is 0 Å². The lowest BCUT2D eigenvalue weighted by Crippen LogP contribution is -2.27. The van der Waals surface area contributed by atoms with Crippen molar-refractivity contribution in [3.05, 3.63) is 30.5 Å². The fourth-order valence-corrected chi connectivity index (χ4v) is 1.95. The summed E-state index contributed by atoms with van der Waals surface area (Å²) in [7, 11) is 1.67. The number of rotatable bonds is 5. The van der Waals surface area contributed by atoms with Crippen LogP contribution in [-0.4, -0.2) is 33.9 Å². The van der Waals surface area contributed by atoms with Crippen molar-refractivity contribution < 1.29 is 14.7 Å². The van der Waals surface area contributed by atoms with Gasteiger partial charge in [0.05, 0.1) is 17.6 Å². The highest BCUT2D eigenvalue weighted by Gasteiger charge is 2.17. The van der Waals surface area contributed by atoms with Crippen molar-refractivity contribution in [3.63, 3.8) is 0 Å². The number of carbonyl (C=O) groups excluding carboxylic acids is 1. The minimum Gasteiger partial charge on any atom is -0.444 e. The lowest BCUT2D eigenvalue weighted by molar-refractivity contribution is 0.0636. The van der Waals surface area contributed by atoms with Gasteiger partial charge in [-0.3, -0.25) is 16.0 Å². The Hall–Kier alpha value is -3.07. The third-order valence-corrected chi connectivity index (χ3v) is 2.96. The molecule has 2 aromatic rings. The van der Waals surface area contributed by atoms with E-state index in [1.807, 2.05) is 11.5 Å². The zero-order chi connectivity index (χ0) is 18.4. The van der Waals surface area contributed by atoms with Gasteiger partial charge in [0.1, 0.15) is 11.3 Å². The molecule has 1 aromatic carbocycles. The standard InChI is InChI=1S/C16H22N6O3/c1-16(2,3)25-15(23)20-11-8-6-5-7-10(11)19-14-18-9-12(22-24)13(17-4)21-14/h5-9,22,24H,1-4H3,(H,20,23)(H2,17,18,19,21). The minimum atomic E-state index is -0.593. The molecule has 0 radical (unpaired) electrons. The molecule has 0 fully saturated rings. The lowest BCUT2D eigenvalue weighted by Gasteiger charge is -2.20. The smallest absolute Gasteiger partial charge is 0.412 e. The quantitative estimate of drug-likeness (QED) is 0.522. The van der Waals surface area contributed by atoms with E-state index in [4.69, 9.17) is 9.94 Å². The third kappa shape index (κ3) is 5.21. The average molecular weight is 346 g/mol. The third-order valence-electron chi connectivity index (χ3n) is 2.96. The molecule has 0 unspecified atom stereocenters. The van der Waals surface area contributed by atoms with E-state index in [2.05, 4.69) is 25.9 Å². The summed E-state index contributed by atoms with van der Waals surface area (Å²) in [6.45, 7) is 5.38. The molecule has 9 nitrogen and oxygen atoms in total. The van der Waals surface area contributed by atoms with Crippen LogP contribution in [0.2, 0.25) is 0 Å². The van der Waals surface area contributed by atoms with E-state index >= 15 is 0 Å². The van der Waals surface area contributed by atoms with E-state index in [1.165, 1.54) is 6.20 Å².